The molecule has 38 heavy (non-hydrogen) atoms. The molecular formula is C31H41N3O4. The molecule has 7 nitrogen and oxygen atoms in total. The predicted molar refractivity (Wildman–Crippen MR) is 152 cm³/mol. The van der Waals surface area contributed by atoms with Gasteiger partial charge in [-0.3, -0.25) is 4.79 Å². The molecule has 1 N–H and O–H groups in total. The summed E-state index contributed by atoms with van der Waals surface area (Å²) in [5.41, 5.74) is 2.52. The highest BCUT2D eigenvalue weighted by molar-refractivity contribution is 5.94. The van der Waals surface area contributed by atoms with Crippen molar-refractivity contribution in [3.63, 3.8) is 0 Å². The number of hydrogen-bond donors (Lipinski definition) is 1. The van der Waals surface area contributed by atoms with E-state index in [4.69, 9.17) is 9.84 Å². The van der Waals surface area contributed by atoms with Gasteiger partial charge < -0.3 is 24.5 Å². The zero-order valence-corrected chi connectivity index (χ0v) is 22.7. The van der Waals surface area contributed by atoms with Gasteiger partial charge in [0.25, 0.3) is 5.91 Å². The normalized spacial score (nSPS) is 20.6. The highest BCUT2D eigenvalue weighted by Gasteiger charge is 2.24. The molecule has 1 amide bonds. The van der Waals surface area contributed by atoms with Crippen molar-refractivity contribution in [2.24, 2.45) is 5.92 Å². The minimum Gasteiger partial charge on any atom is -0.494 e. The van der Waals surface area contributed by atoms with Crippen LogP contribution in [0, 0.1) is 5.92 Å². The van der Waals surface area contributed by atoms with Crippen molar-refractivity contribution in [2.45, 2.75) is 45.6 Å². The summed E-state index contributed by atoms with van der Waals surface area (Å²) in [6.45, 7) is 10.6. The molecule has 2 aliphatic heterocycles. The van der Waals surface area contributed by atoms with E-state index >= 15 is 0 Å². The van der Waals surface area contributed by atoms with Crippen LogP contribution < -0.4 is 9.64 Å². The smallest absolute Gasteiger partial charge is 0.328 e. The molecule has 0 spiro atoms. The Kier molecular flexibility index (Phi) is 9.82. The van der Waals surface area contributed by atoms with Gasteiger partial charge in [0, 0.05) is 62.6 Å². The molecule has 0 aromatic heterocycles. The highest BCUT2D eigenvalue weighted by Crippen LogP contribution is 2.25. The number of likely N-dealkylation sites (tertiary alicyclic amines) is 1. The summed E-state index contributed by atoms with van der Waals surface area (Å²) in [5, 5.41) is 8.75. The average Bonchev–Trinajstić information content (AvgIpc) is 2.95. The Hall–Kier alpha value is -3.32. The van der Waals surface area contributed by atoms with Crippen molar-refractivity contribution < 1.29 is 19.4 Å². The Morgan fingerprint density at radius 2 is 1.71 bits per heavy atom. The fourth-order valence-corrected chi connectivity index (χ4v) is 5.37. The zero-order chi connectivity index (χ0) is 26.9. The molecule has 2 aliphatic rings. The molecule has 2 aromatic carbocycles. The maximum Gasteiger partial charge on any atom is 0.328 e. The molecule has 2 atom stereocenters. The first-order valence-corrected chi connectivity index (χ1v) is 13.9. The summed E-state index contributed by atoms with van der Waals surface area (Å²) in [6.07, 6.45) is 7.60. The van der Waals surface area contributed by atoms with Crippen LogP contribution in [0.3, 0.4) is 0 Å². The van der Waals surface area contributed by atoms with E-state index in [0.29, 0.717) is 24.7 Å². The SMILES string of the molecule is CCC1CCC(C)N(CCCOc2ccc(N3CCN(C(=O)c4ccc(/C=C/C(=O)O)cc4)CC3)cc2)C1. The number of nitrogens with zero attached hydrogens (tertiary/aromatic N) is 3. The van der Waals surface area contributed by atoms with Crippen LogP contribution in [0.2, 0.25) is 0 Å². The van der Waals surface area contributed by atoms with Crippen molar-refractivity contribution >= 4 is 23.6 Å². The van der Waals surface area contributed by atoms with Gasteiger partial charge in [-0.05, 0) is 80.1 Å². The van der Waals surface area contributed by atoms with Gasteiger partial charge >= 0.3 is 5.97 Å². The number of carboxylic acid groups (broad SMARTS) is 1. The fourth-order valence-electron chi connectivity index (χ4n) is 5.37. The third-order valence-corrected chi connectivity index (χ3v) is 7.89. The number of rotatable bonds is 10. The van der Waals surface area contributed by atoms with E-state index in [2.05, 4.69) is 35.8 Å². The van der Waals surface area contributed by atoms with Crippen molar-refractivity contribution in [1.82, 2.24) is 9.80 Å². The maximum atomic E-state index is 12.9. The largest absolute Gasteiger partial charge is 0.494 e. The molecule has 2 aromatic rings. The van der Waals surface area contributed by atoms with Crippen molar-refractivity contribution in [3.8, 4) is 5.75 Å². The summed E-state index contributed by atoms with van der Waals surface area (Å²) >= 11 is 0. The summed E-state index contributed by atoms with van der Waals surface area (Å²) in [7, 11) is 0. The van der Waals surface area contributed by atoms with Gasteiger partial charge in [-0.15, -0.1) is 0 Å². The van der Waals surface area contributed by atoms with E-state index in [1.165, 1.54) is 31.9 Å². The Morgan fingerprint density at radius 1 is 1.00 bits per heavy atom. The number of carboxylic acids is 1. The Balaban J connectivity index is 1.19. The van der Waals surface area contributed by atoms with Crippen LogP contribution in [0.15, 0.2) is 54.6 Å². The first kappa shape index (κ1) is 27.7. The topological polar surface area (TPSA) is 73.3 Å². The zero-order valence-electron chi connectivity index (χ0n) is 22.7. The number of amides is 1. The second-order valence-corrected chi connectivity index (χ2v) is 10.5. The van der Waals surface area contributed by atoms with E-state index in [0.717, 1.165) is 61.7 Å². The summed E-state index contributed by atoms with van der Waals surface area (Å²) < 4.78 is 6.03. The van der Waals surface area contributed by atoms with Crippen LogP contribution in [0.25, 0.3) is 6.08 Å². The van der Waals surface area contributed by atoms with E-state index in [1.54, 1.807) is 24.3 Å². The van der Waals surface area contributed by atoms with Crippen molar-refractivity contribution in [1.29, 1.82) is 0 Å². The van der Waals surface area contributed by atoms with E-state index in [-0.39, 0.29) is 5.91 Å². The number of carbonyl (C=O) groups is 2. The molecule has 2 unspecified atom stereocenters. The standard InChI is InChI=1S/C31H41N3O4/c1-3-25-6-5-24(2)34(23-25)17-4-22-38-29-14-12-28(13-15-29)32-18-20-33(21-19-32)31(37)27-10-7-26(8-11-27)9-16-30(35)36/h7-16,24-25H,3-6,17-23H2,1-2H3,(H,35,36)/b16-9+. The minimum absolute atomic E-state index is 0.00586. The lowest BCUT2D eigenvalue weighted by Gasteiger charge is -2.37. The van der Waals surface area contributed by atoms with Gasteiger partial charge in [0.05, 0.1) is 6.61 Å². The first-order valence-electron chi connectivity index (χ1n) is 13.9. The quantitative estimate of drug-likeness (QED) is 0.351. The van der Waals surface area contributed by atoms with Gasteiger partial charge in [-0.1, -0.05) is 25.5 Å². The second kappa shape index (κ2) is 13.5. The van der Waals surface area contributed by atoms with Gasteiger partial charge in [-0.2, -0.15) is 0 Å². The molecule has 0 aliphatic carbocycles. The predicted octanol–water partition coefficient (Wildman–Crippen LogP) is 5.03. The monoisotopic (exact) mass is 519 g/mol. The van der Waals surface area contributed by atoms with Crippen LogP contribution in [-0.2, 0) is 4.79 Å². The Labute approximate surface area is 226 Å². The van der Waals surface area contributed by atoms with Crippen LogP contribution >= 0.6 is 0 Å². The number of piperidine rings is 1. The molecule has 2 fully saturated rings. The van der Waals surface area contributed by atoms with Gasteiger partial charge in [0.15, 0.2) is 0 Å². The number of ether oxygens (including phenoxy) is 1. The molecule has 2 heterocycles. The third kappa shape index (κ3) is 7.60. The molecule has 0 bridgehead atoms. The number of piperazine rings is 1. The molecular weight excluding hydrogens is 478 g/mol. The maximum absolute atomic E-state index is 12.9. The van der Waals surface area contributed by atoms with Gasteiger partial charge in [0.2, 0.25) is 0 Å². The Morgan fingerprint density at radius 3 is 2.37 bits per heavy atom. The number of aliphatic carboxylic acids is 1. The molecule has 0 saturated carbocycles. The summed E-state index contributed by atoms with van der Waals surface area (Å²) in [5.74, 6) is 0.766. The highest BCUT2D eigenvalue weighted by atomic mass is 16.5. The van der Waals surface area contributed by atoms with Crippen molar-refractivity contribution in [3.05, 3.63) is 65.7 Å². The molecule has 0 radical (unpaired) electrons. The summed E-state index contributed by atoms with van der Waals surface area (Å²) in [6, 6.07) is 16.0. The third-order valence-electron chi connectivity index (χ3n) is 7.89. The second-order valence-electron chi connectivity index (χ2n) is 10.5. The van der Waals surface area contributed by atoms with E-state index < -0.39 is 5.97 Å². The van der Waals surface area contributed by atoms with Crippen LogP contribution in [0.5, 0.6) is 5.75 Å². The molecule has 2 saturated heterocycles. The van der Waals surface area contributed by atoms with Gasteiger partial charge in [0.1, 0.15) is 5.75 Å². The van der Waals surface area contributed by atoms with E-state index in [1.807, 2.05) is 17.0 Å². The number of anilines is 1. The lowest BCUT2D eigenvalue weighted by Crippen LogP contribution is -2.48. The first-order chi connectivity index (χ1) is 18.4. The van der Waals surface area contributed by atoms with Crippen LogP contribution in [0.1, 0.15) is 55.5 Å². The lowest BCUT2D eigenvalue weighted by atomic mass is 9.91. The number of carbonyl (C=O) groups excluding carboxylic acids is 1. The number of hydrogen-bond acceptors (Lipinski definition) is 5. The molecule has 4 rings (SSSR count). The van der Waals surface area contributed by atoms with Crippen LogP contribution in [0.4, 0.5) is 5.69 Å². The lowest BCUT2D eigenvalue weighted by molar-refractivity contribution is -0.131. The number of benzene rings is 2. The van der Waals surface area contributed by atoms with Crippen LogP contribution in [-0.4, -0.2) is 78.7 Å². The van der Waals surface area contributed by atoms with E-state index in [9.17, 15) is 9.59 Å². The van der Waals surface area contributed by atoms with Gasteiger partial charge in [-0.25, -0.2) is 4.79 Å². The molecule has 7 heteroatoms. The average molecular weight is 520 g/mol. The summed E-state index contributed by atoms with van der Waals surface area (Å²) in [4.78, 5) is 30.4. The minimum atomic E-state index is -0.992. The fraction of sp³-hybridized carbons (Fsp3) is 0.484. The molecule has 204 valence electrons. The van der Waals surface area contributed by atoms with Crippen molar-refractivity contribution in [2.75, 3.05) is 50.8 Å². The Bertz CT molecular complexity index is 1080.